The lowest BCUT2D eigenvalue weighted by molar-refractivity contribution is -0.197. The summed E-state index contributed by atoms with van der Waals surface area (Å²) in [5, 5.41) is 12.8. The third-order valence-corrected chi connectivity index (χ3v) is 10.5. The average Bonchev–Trinajstić information content (AvgIpc) is 3.68. The van der Waals surface area contributed by atoms with E-state index >= 15 is 0 Å². The molecule has 0 saturated carbocycles. The fourth-order valence-corrected chi connectivity index (χ4v) is 7.03. The van der Waals surface area contributed by atoms with Gasteiger partial charge in [-0.25, -0.2) is 10.3 Å². The molecule has 0 radical (unpaired) electrons. The molecule has 0 spiro atoms. The van der Waals surface area contributed by atoms with Gasteiger partial charge in [-0.3, -0.25) is 28.8 Å². The van der Waals surface area contributed by atoms with Crippen LogP contribution < -0.4 is 15.7 Å². The van der Waals surface area contributed by atoms with Crippen molar-refractivity contribution in [2.75, 3.05) is 30.3 Å². The molecular weight excluding hydrogens is 723 g/mol. The molecule has 1 saturated heterocycles. The molecule has 3 aliphatic heterocycles. The SMILES string of the molecule is Cc1ccc2c(c1)C(C)(C)\C(=C/C=C/C=C/C=C/C1=NC/C(=C\C(=C/NCCCS(=O)[O-])C(=O)NO)C1(C)C)N2CCCCCC(=O)ON1C(=O)CCC1=O. The normalized spacial score (nSPS) is 20.1. The maximum atomic E-state index is 12.3. The van der Waals surface area contributed by atoms with E-state index in [0.717, 1.165) is 42.1 Å². The number of anilines is 1. The molecule has 3 N–H and O–H groups in total. The monoisotopic (exact) mass is 774 g/mol. The third-order valence-electron chi connectivity index (χ3n) is 9.91. The molecule has 0 aliphatic carbocycles. The molecule has 3 aliphatic rings. The minimum atomic E-state index is -2.13. The van der Waals surface area contributed by atoms with Crippen LogP contribution in [0.5, 0.6) is 0 Å². The Morgan fingerprint density at radius 2 is 1.71 bits per heavy atom. The van der Waals surface area contributed by atoms with Crippen molar-refractivity contribution in [1.29, 1.82) is 0 Å². The van der Waals surface area contributed by atoms with Crippen molar-refractivity contribution in [1.82, 2.24) is 15.9 Å². The van der Waals surface area contributed by atoms with Gasteiger partial charge >= 0.3 is 5.97 Å². The number of unbranched alkanes of at least 4 members (excludes halogenated alkanes) is 2. The molecule has 13 nitrogen and oxygen atoms in total. The minimum absolute atomic E-state index is 0.00948. The zero-order chi connectivity index (χ0) is 40.2. The Labute approximate surface area is 325 Å². The molecule has 55 heavy (non-hydrogen) atoms. The quantitative estimate of drug-likeness (QED) is 0.0329. The number of nitrogens with one attached hydrogen (secondary N) is 2. The van der Waals surface area contributed by atoms with Gasteiger partial charge in [-0.2, -0.15) is 0 Å². The first-order valence-corrected chi connectivity index (χ1v) is 19.8. The first kappa shape index (κ1) is 42.8. The van der Waals surface area contributed by atoms with E-state index in [2.05, 4.69) is 60.3 Å². The first-order chi connectivity index (χ1) is 26.2. The Morgan fingerprint density at radius 3 is 2.42 bits per heavy atom. The van der Waals surface area contributed by atoms with Crippen LogP contribution in [0.1, 0.15) is 83.8 Å². The molecule has 1 atom stereocenters. The van der Waals surface area contributed by atoms with Gasteiger partial charge in [-0.15, -0.1) is 5.06 Å². The second-order valence-electron chi connectivity index (χ2n) is 14.7. The Kier molecular flexibility index (Phi) is 15.3. The van der Waals surface area contributed by atoms with Crippen molar-refractivity contribution in [2.24, 2.45) is 10.4 Å². The molecule has 1 unspecified atom stereocenters. The number of carbonyl (C=O) groups excluding carboxylic acids is 4. The number of hydroxylamine groups is 3. The van der Waals surface area contributed by atoms with Gasteiger partial charge in [0.15, 0.2) is 0 Å². The number of carbonyl (C=O) groups is 4. The van der Waals surface area contributed by atoms with E-state index in [0.29, 0.717) is 31.0 Å². The van der Waals surface area contributed by atoms with Gasteiger partial charge in [0.05, 0.1) is 12.1 Å². The fourth-order valence-electron chi connectivity index (χ4n) is 6.65. The number of aliphatic imine (C=N–C) groups is 1. The van der Waals surface area contributed by atoms with E-state index in [1.807, 2.05) is 50.3 Å². The lowest BCUT2D eigenvalue weighted by atomic mass is 9.81. The molecule has 4 rings (SSSR count). The summed E-state index contributed by atoms with van der Waals surface area (Å²) in [4.78, 5) is 60.0. The number of imide groups is 1. The van der Waals surface area contributed by atoms with Crippen LogP contribution in [-0.2, 0) is 40.5 Å². The van der Waals surface area contributed by atoms with Gasteiger partial charge in [0, 0.05) is 72.2 Å². The van der Waals surface area contributed by atoms with E-state index in [4.69, 9.17) is 4.84 Å². The maximum Gasteiger partial charge on any atom is 0.333 e. The molecule has 14 heteroatoms. The van der Waals surface area contributed by atoms with Crippen LogP contribution >= 0.6 is 0 Å². The van der Waals surface area contributed by atoms with Crippen molar-refractivity contribution >= 4 is 46.2 Å². The number of aryl methyl sites for hydroxylation is 1. The molecule has 1 fully saturated rings. The van der Waals surface area contributed by atoms with Crippen molar-refractivity contribution < 1.29 is 38.0 Å². The van der Waals surface area contributed by atoms with Crippen LogP contribution in [0, 0.1) is 12.3 Å². The summed E-state index contributed by atoms with van der Waals surface area (Å²) < 4.78 is 21.5. The topological polar surface area (TPSA) is 181 Å². The molecule has 1 aromatic rings. The smallest absolute Gasteiger partial charge is 0.333 e. The van der Waals surface area contributed by atoms with Gasteiger partial charge in [-0.05, 0) is 61.6 Å². The number of benzene rings is 1. The third kappa shape index (κ3) is 11.3. The zero-order valence-electron chi connectivity index (χ0n) is 32.3. The summed E-state index contributed by atoms with van der Waals surface area (Å²) in [6.07, 6.45) is 19.8. The number of allylic oxidation sites excluding steroid dienone is 8. The number of hydrogen-bond donors (Lipinski definition) is 3. The fraction of sp³-hybridized carbons (Fsp3) is 0.439. The van der Waals surface area contributed by atoms with E-state index in [-0.39, 0.29) is 36.0 Å². The summed E-state index contributed by atoms with van der Waals surface area (Å²) in [5.74, 6) is -2.21. The number of fused-ring (bicyclic) bond motifs is 1. The second-order valence-corrected chi connectivity index (χ2v) is 15.7. The van der Waals surface area contributed by atoms with Crippen LogP contribution in [0.4, 0.5) is 5.69 Å². The van der Waals surface area contributed by atoms with Crippen molar-refractivity contribution in [3.8, 4) is 0 Å². The molecule has 3 amide bonds. The summed E-state index contributed by atoms with van der Waals surface area (Å²) >= 11 is -2.13. The van der Waals surface area contributed by atoms with Crippen LogP contribution in [0.3, 0.4) is 0 Å². The van der Waals surface area contributed by atoms with Gasteiger partial charge in [0.2, 0.25) is 0 Å². The number of rotatable bonds is 18. The van der Waals surface area contributed by atoms with E-state index in [1.165, 1.54) is 17.3 Å². The summed E-state index contributed by atoms with van der Waals surface area (Å²) in [5.41, 5.74) is 7.66. The van der Waals surface area contributed by atoms with Gasteiger partial charge < -0.3 is 19.6 Å². The van der Waals surface area contributed by atoms with Gasteiger partial charge in [-0.1, -0.05) is 93.3 Å². The Balaban J connectivity index is 1.35. The number of amides is 3. The number of hydrogen-bond acceptors (Lipinski definition) is 11. The van der Waals surface area contributed by atoms with Gasteiger partial charge in [0.1, 0.15) is 0 Å². The van der Waals surface area contributed by atoms with Crippen LogP contribution in [0.15, 0.2) is 94.8 Å². The highest BCUT2D eigenvalue weighted by Gasteiger charge is 2.39. The highest BCUT2D eigenvalue weighted by molar-refractivity contribution is 7.79. The molecule has 0 aromatic heterocycles. The standard InChI is InChI=1S/C41H53N5O8S/c1-29-18-19-33-32(25-29)41(4,5)35(45(33)23-13-9-12-17-38(49)54-46-36(47)20-21-37(46)48)16-11-8-6-7-10-15-34-40(2,3)31(28-43-34)26-30(39(50)44-51)27-42-22-14-24-55(52)53/h6-8,10-11,15-16,18-19,25-27,42,51H,9,12-14,17,20-24,28H2,1-5H3,(H,44,50)(H,52,53)/p-1/b7-6+,11-8+,15-10+,30-27+,31-26+,35-16+. The van der Waals surface area contributed by atoms with Crippen LogP contribution in [0.2, 0.25) is 0 Å². The molecule has 0 bridgehead atoms. The van der Waals surface area contributed by atoms with Crippen molar-refractivity contribution in [2.45, 2.75) is 85.0 Å². The maximum absolute atomic E-state index is 12.3. The molecule has 3 heterocycles. The molecule has 296 valence electrons. The minimum Gasteiger partial charge on any atom is -0.772 e. The second kappa shape index (κ2) is 19.6. The number of nitrogens with zero attached hydrogens (tertiary/aromatic N) is 3. The molecule has 1 aromatic carbocycles. The summed E-state index contributed by atoms with van der Waals surface area (Å²) in [6.45, 7) is 12.1. The lowest BCUT2D eigenvalue weighted by Crippen LogP contribution is -2.32. The summed E-state index contributed by atoms with van der Waals surface area (Å²) in [6, 6.07) is 6.52. The van der Waals surface area contributed by atoms with Crippen LogP contribution in [-0.4, -0.2) is 73.8 Å². The van der Waals surface area contributed by atoms with Crippen molar-refractivity contribution in [3.63, 3.8) is 0 Å². The Hall–Kier alpha value is -4.92. The predicted molar refractivity (Wildman–Crippen MR) is 211 cm³/mol. The lowest BCUT2D eigenvalue weighted by Gasteiger charge is -2.27. The zero-order valence-corrected chi connectivity index (χ0v) is 33.1. The van der Waals surface area contributed by atoms with Crippen molar-refractivity contribution in [3.05, 3.63) is 101 Å². The predicted octanol–water partition coefficient (Wildman–Crippen LogP) is 5.47. The van der Waals surface area contributed by atoms with Gasteiger partial charge in [0.25, 0.3) is 17.7 Å². The largest absolute Gasteiger partial charge is 0.772 e. The van der Waals surface area contributed by atoms with Crippen LogP contribution in [0.25, 0.3) is 0 Å². The Bertz CT molecular complexity index is 1850. The average molecular weight is 775 g/mol. The van der Waals surface area contributed by atoms with E-state index < -0.39 is 40.2 Å². The Morgan fingerprint density at radius 1 is 1.00 bits per heavy atom. The summed E-state index contributed by atoms with van der Waals surface area (Å²) in [7, 11) is 0. The highest BCUT2D eigenvalue weighted by Crippen LogP contribution is 2.48. The molecular formula is C41H52N5O8S-. The van der Waals surface area contributed by atoms with E-state index in [9.17, 15) is 33.1 Å². The van der Waals surface area contributed by atoms with E-state index in [1.54, 1.807) is 11.6 Å². The first-order valence-electron chi connectivity index (χ1n) is 18.5. The highest BCUT2D eigenvalue weighted by atomic mass is 32.2.